The third-order valence-corrected chi connectivity index (χ3v) is 7.15. The Kier molecular flexibility index (Phi) is 15.3. The van der Waals surface area contributed by atoms with Crippen molar-refractivity contribution in [3.05, 3.63) is 72.7 Å². The van der Waals surface area contributed by atoms with Gasteiger partial charge < -0.3 is 0 Å². The van der Waals surface area contributed by atoms with Crippen molar-refractivity contribution in [1.29, 1.82) is 0 Å². The van der Waals surface area contributed by atoms with Gasteiger partial charge >= 0.3 is 0 Å². The van der Waals surface area contributed by atoms with Gasteiger partial charge in [0.05, 0.1) is 0 Å². The fourth-order valence-electron chi connectivity index (χ4n) is 3.67. The van der Waals surface area contributed by atoms with Crippen molar-refractivity contribution >= 4 is 0 Å². The number of hydrogen-bond acceptors (Lipinski definition) is 0. The largest absolute Gasteiger partial charge is 0.207 e. The molecule has 33 heavy (non-hydrogen) atoms. The highest BCUT2D eigenvalue weighted by molar-refractivity contribution is 5.47. The van der Waals surface area contributed by atoms with Crippen molar-refractivity contribution in [2.24, 2.45) is 35.5 Å². The van der Waals surface area contributed by atoms with Gasteiger partial charge in [-0.25, -0.2) is 4.39 Å². The summed E-state index contributed by atoms with van der Waals surface area (Å²) < 4.78 is 14.7. The third kappa shape index (κ3) is 13.6. The number of halogens is 1. The summed E-state index contributed by atoms with van der Waals surface area (Å²) in [5.41, 5.74) is 2.91. The fourth-order valence-corrected chi connectivity index (χ4v) is 3.67. The minimum absolute atomic E-state index is 0.122. The molecular formula is C32H53F. The van der Waals surface area contributed by atoms with Crippen molar-refractivity contribution in [1.82, 2.24) is 0 Å². The SMILES string of the molecule is C=C(/C=C\C(=C)C(C)CCC(C)C(C)CCC(C)C)C(=C)/C=C(/F)C(=C)C(C)CCC(C)C. The van der Waals surface area contributed by atoms with E-state index in [2.05, 4.69) is 74.8 Å². The minimum atomic E-state index is -0.293. The van der Waals surface area contributed by atoms with Crippen LogP contribution in [0.4, 0.5) is 4.39 Å². The van der Waals surface area contributed by atoms with E-state index < -0.39 is 0 Å². The molecule has 0 radical (unpaired) electrons. The van der Waals surface area contributed by atoms with Crippen LogP contribution in [0.2, 0.25) is 0 Å². The van der Waals surface area contributed by atoms with Gasteiger partial charge in [0.15, 0.2) is 0 Å². The molecule has 0 nitrogen and oxygen atoms in total. The van der Waals surface area contributed by atoms with E-state index in [0.29, 0.717) is 28.6 Å². The number of hydrogen-bond donors (Lipinski definition) is 0. The van der Waals surface area contributed by atoms with E-state index in [1.165, 1.54) is 25.3 Å². The zero-order chi connectivity index (χ0) is 25.7. The lowest BCUT2D eigenvalue weighted by atomic mass is 9.83. The monoisotopic (exact) mass is 456 g/mol. The molecule has 0 rings (SSSR count). The average molecular weight is 457 g/mol. The van der Waals surface area contributed by atoms with Crippen molar-refractivity contribution in [2.45, 2.75) is 93.9 Å². The first-order valence-electron chi connectivity index (χ1n) is 13.1. The lowest BCUT2D eigenvalue weighted by Gasteiger charge is -2.22. The Morgan fingerprint density at radius 2 is 1.06 bits per heavy atom. The Balaban J connectivity index is 4.69. The molecule has 0 fully saturated rings. The van der Waals surface area contributed by atoms with Crippen molar-refractivity contribution in [3.63, 3.8) is 0 Å². The highest BCUT2D eigenvalue weighted by atomic mass is 19.1. The Morgan fingerprint density at radius 3 is 1.58 bits per heavy atom. The molecule has 0 spiro atoms. The van der Waals surface area contributed by atoms with Crippen LogP contribution in [0.1, 0.15) is 93.9 Å². The second-order valence-electron chi connectivity index (χ2n) is 11.3. The minimum Gasteiger partial charge on any atom is -0.207 e. The predicted molar refractivity (Wildman–Crippen MR) is 149 cm³/mol. The normalized spacial score (nSPS) is 16.2. The molecule has 0 bridgehead atoms. The van der Waals surface area contributed by atoms with Gasteiger partial charge in [0.25, 0.3) is 0 Å². The fraction of sp³-hybridized carbons (Fsp3) is 0.625. The summed E-state index contributed by atoms with van der Waals surface area (Å²) in [4.78, 5) is 0. The third-order valence-electron chi connectivity index (χ3n) is 7.15. The van der Waals surface area contributed by atoms with E-state index in [1.54, 1.807) is 0 Å². The van der Waals surface area contributed by atoms with Crippen LogP contribution < -0.4 is 0 Å². The first kappa shape index (κ1) is 31.4. The van der Waals surface area contributed by atoms with Crippen LogP contribution in [0.5, 0.6) is 0 Å². The summed E-state index contributed by atoms with van der Waals surface area (Å²) in [6.07, 6.45) is 12.4. The summed E-state index contributed by atoms with van der Waals surface area (Å²) in [6, 6.07) is 0. The molecule has 0 aliphatic rings. The lowest BCUT2D eigenvalue weighted by molar-refractivity contribution is 0.306. The molecule has 0 aliphatic heterocycles. The molecule has 0 N–H and O–H groups in total. The molecule has 0 heterocycles. The molecule has 0 saturated carbocycles. The molecule has 0 saturated heterocycles. The average Bonchev–Trinajstić information content (AvgIpc) is 2.75. The lowest BCUT2D eigenvalue weighted by Crippen LogP contribution is -2.11. The molecule has 1 heteroatoms. The quantitative estimate of drug-likeness (QED) is 0.191. The van der Waals surface area contributed by atoms with Gasteiger partial charge in [0.1, 0.15) is 5.83 Å². The maximum atomic E-state index is 14.7. The van der Waals surface area contributed by atoms with Crippen LogP contribution >= 0.6 is 0 Å². The van der Waals surface area contributed by atoms with Gasteiger partial charge in [-0.15, -0.1) is 0 Å². The van der Waals surface area contributed by atoms with E-state index in [0.717, 1.165) is 42.6 Å². The van der Waals surface area contributed by atoms with E-state index in [9.17, 15) is 4.39 Å². The molecule has 0 aromatic heterocycles. The first-order chi connectivity index (χ1) is 15.3. The summed E-state index contributed by atoms with van der Waals surface area (Å²) >= 11 is 0. The van der Waals surface area contributed by atoms with E-state index in [4.69, 9.17) is 0 Å². The van der Waals surface area contributed by atoms with Crippen LogP contribution in [0.15, 0.2) is 72.7 Å². The van der Waals surface area contributed by atoms with Gasteiger partial charge in [-0.2, -0.15) is 0 Å². The summed E-state index contributed by atoms with van der Waals surface area (Å²) in [7, 11) is 0. The molecule has 0 aromatic rings. The predicted octanol–water partition coefficient (Wildman–Crippen LogP) is 10.8. The highest BCUT2D eigenvalue weighted by Gasteiger charge is 2.15. The van der Waals surface area contributed by atoms with Gasteiger partial charge in [-0.05, 0) is 77.6 Å². The highest BCUT2D eigenvalue weighted by Crippen LogP contribution is 2.28. The zero-order valence-corrected chi connectivity index (χ0v) is 23.1. The van der Waals surface area contributed by atoms with Gasteiger partial charge in [0, 0.05) is 0 Å². The number of rotatable bonds is 17. The Morgan fingerprint density at radius 1 is 0.606 bits per heavy atom. The van der Waals surface area contributed by atoms with E-state index in [-0.39, 0.29) is 11.7 Å². The Labute approximate surface area is 206 Å². The van der Waals surface area contributed by atoms with Gasteiger partial charge in [-0.1, -0.05) is 119 Å². The summed E-state index contributed by atoms with van der Waals surface area (Å²) in [5.74, 6) is 3.11. The van der Waals surface area contributed by atoms with Crippen LogP contribution in [-0.2, 0) is 0 Å². The van der Waals surface area contributed by atoms with E-state index in [1.807, 2.05) is 19.1 Å². The molecule has 0 aliphatic carbocycles. The molecule has 0 aromatic carbocycles. The summed E-state index contributed by atoms with van der Waals surface area (Å²) in [6.45, 7) is 34.3. The van der Waals surface area contributed by atoms with Crippen LogP contribution in [0.25, 0.3) is 0 Å². The second kappa shape index (κ2) is 16.1. The molecule has 0 amide bonds. The van der Waals surface area contributed by atoms with Crippen molar-refractivity contribution < 1.29 is 4.39 Å². The standard InChI is InChI=1S/C32H53F/c1-22(2)13-15-24(5)25(6)17-18-26(7)27(8)19-20-28(9)30(11)21-32(33)31(12)29(10)16-14-23(3)4/h19-26,29H,8-9,11-18H2,1-7,10H3/b20-19-,32-21+. The first-order valence-corrected chi connectivity index (χ1v) is 13.1. The van der Waals surface area contributed by atoms with Crippen molar-refractivity contribution in [2.75, 3.05) is 0 Å². The number of allylic oxidation sites excluding steroid dienone is 8. The second-order valence-corrected chi connectivity index (χ2v) is 11.3. The maximum Gasteiger partial charge on any atom is 0.126 e. The van der Waals surface area contributed by atoms with Crippen LogP contribution in [-0.4, -0.2) is 0 Å². The van der Waals surface area contributed by atoms with Crippen molar-refractivity contribution in [3.8, 4) is 0 Å². The van der Waals surface area contributed by atoms with E-state index >= 15 is 0 Å². The van der Waals surface area contributed by atoms with Crippen LogP contribution in [0, 0.1) is 35.5 Å². The Bertz CT molecular complexity index is 700. The smallest absolute Gasteiger partial charge is 0.126 e. The molecule has 4 atom stereocenters. The Hall–Kier alpha value is -1.63. The molecular weight excluding hydrogens is 403 g/mol. The topological polar surface area (TPSA) is 0 Å². The molecule has 188 valence electrons. The maximum absolute atomic E-state index is 14.7. The zero-order valence-electron chi connectivity index (χ0n) is 23.1. The van der Waals surface area contributed by atoms with Gasteiger partial charge in [0.2, 0.25) is 0 Å². The van der Waals surface area contributed by atoms with Crippen LogP contribution in [0.3, 0.4) is 0 Å². The summed E-state index contributed by atoms with van der Waals surface area (Å²) in [5, 5.41) is 0. The molecule has 4 unspecified atom stereocenters. The van der Waals surface area contributed by atoms with Gasteiger partial charge in [-0.3, -0.25) is 0 Å².